The highest BCUT2D eigenvalue weighted by Gasteiger charge is 2.36. The Morgan fingerprint density at radius 3 is 2.83 bits per heavy atom. The van der Waals surface area contributed by atoms with Crippen LogP contribution in [0.2, 0.25) is 0 Å². The molecule has 1 aliphatic rings. The fourth-order valence-corrected chi connectivity index (χ4v) is 2.26. The Morgan fingerprint density at radius 1 is 1.28 bits per heavy atom. The van der Waals surface area contributed by atoms with Gasteiger partial charge in [0.05, 0.1) is 0 Å². The average molecular weight is 248 g/mol. The molecule has 1 heterocycles. The second-order valence-electron chi connectivity index (χ2n) is 5.18. The summed E-state index contributed by atoms with van der Waals surface area (Å²) in [6.45, 7) is 7.32. The zero-order chi connectivity index (χ0) is 13.0. The molecule has 0 amide bonds. The maximum atomic E-state index is 4.51. The lowest BCUT2D eigenvalue weighted by atomic mass is 10.2. The van der Waals surface area contributed by atoms with Crippen molar-refractivity contribution in [1.82, 2.24) is 9.97 Å². The van der Waals surface area contributed by atoms with Gasteiger partial charge in [0.15, 0.2) is 0 Å². The number of nitrogens with zero attached hydrogens (tertiary/aromatic N) is 2. The van der Waals surface area contributed by atoms with Crippen molar-refractivity contribution >= 4 is 11.8 Å². The van der Waals surface area contributed by atoms with Crippen LogP contribution in [0.4, 0.5) is 11.8 Å². The van der Waals surface area contributed by atoms with Gasteiger partial charge in [-0.3, -0.25) is 0 Å². The van der Waals surface area contributed by atoms with E-state index in [4.69, 9.17) is 0 Å². The topological polar surface area (TPSA) is 49.8 Å². The van der Waals surface area contributed by atoms with Gasteiger partial charge >= 0.3 is 0 Å². The predicted molar refractivity (Wildman–Crippen MR) is 76.0 cm³/mol. The molecule has 1 aromatic heterocycles. The van der Waals surface area contributed by atoms with Crippen molar-refractivity contribution in [3.8, 4) is 0 Å². The Hall–Kier alpha value is -1.32. The molecule has 2 rings (SSSR count). The van der Waals surface area contributed by atoms with E-state index in [0.29, 0.717) is 6.04 Å². The zero-order valence-corrected chi connectivity index (χ0v) is 11.7. The van der Waals surface area contributed by atoms with Gasteiger partial charge in [-0.1, -0.05) is 20.3 Å². The highest BCUT2D eigenvalue weighted by molar-refractivity contribution is 5.44. The number of hydrogen-bond acceptors (Lipinski definition) is 4. The summed E-state index contributed by atoms with van der Waals surface area (Å²) in [5.74, 6) is 2.55. The van der Waals surface area contributed by atoms with Crippen LogP contribution in [-0.4, -0.2) is 22.6 Å². The number of rotatable bonds is 7. The summed E-state index contributed by atoms with van der Waals surface area (Å²) in [5, 5.41) is 6.76. The lowest BCUT2D eigenvalue weighted by Crippen LogP contribution is -2.10. The first-order chi connectivity index (χ1) is 8.72. The van der Waals surface area contributed by atoms with Crippen LogP contribution in [0.3, 0.4) is 0 Å². The lowest BCUT2D eigenvalue weighted by molar-refractivity contribution is 0.692. The zero-order valence-electron chi connectivity index (χ0n) is 11.7. The summed E-state index contributed by atoms with van der Waals surface area (Å²) in [4.78, 5) is 8.90. The summed E-state index contributed by atoms with van der Waals surface area (Å²) in [7, 11) is 0. The van der Waals surface area contributed by atoms with Crippen LogP contribution in [-0.2, 0) is 0 Å². The van der Waals surface area contributed by atoms with Gasteiger partial charge in [0.1, 0.15) is 5.82 Å². The number of aryl methyl sites for hydroxylation is 1. The average Bonchev–Trinajstić information content (AvgIpc) is 3.04. The van der Waals surface area contributed by atoms with Crippen LogP contribution >= 0.6 is 0 Å². The first kappa shape index (κ1) is 13.1. The third-order valence-electron chi connectivity index (χ3n) is 3.30. The molecule has 1 fully saturated rings. The van der Waals surface area contributed by atoms with E-state index in [1.165, 1.54) is 19.3 Å². The quantitative estimate of drug-likeness (QED) is 0.778. The standard InChI is InChI=1S/C14H24N4/c1-4-6-11-9-12(11)17-13-8-10(3)16-14(18-13)15-7-5-2/h8,11-12H,4-7,9H2,1-3H3,(H2,15,16,17,18). The van der Waals surface area contributed by atoms with E-state index in [0.717, 1.165) is 36.3 Å². The van der Waals surface area contributed by atoms with Gasteiger partial charge in [-0.05, 0) is 32.1 Å². The molecule has 1 aromatic rings. The maximum Gasteiger partial charge on any atom is 0.224 e. The minimum atomic E-state index is 0.623. The van der Waals surface area contributed by atoms with Crippen molar-refractivity contribution in [3.63, 3.8) is 0 Å². The fourth-order valence-electron chi connectivity index (χ4n) is 2.26. The van der Waals surface area contributed by atoms with E-state index in [2.05, 4.69) is 34.4 Å². The van der Waals surface area contributed by atoms with Gasteiger partial charge in [-0.25, -0.2) is 4.98 Å². The van der Waals surface area contributed by atoms with Gasteiger partial charge in [-0.2, -0.15) is 4.98 Å². The molecule has 2 unspecified atom stereocenters. The normalized spacial score (nSPS) is 21.7. The molecule has 0 aliphatic heterocycles. The summed E-state index contributed by atoms with van der Waals surface area (Å²) in [5.41, 5.74) is 1.01. The molecule has 100 valence electrons. The summed E-state index contributed by atoms with van der Waals surface area (Å²) in [6.07, 6.45) is 4.97. The van der Waals surface area contributed by atoms with E-state index < -0.39 is 0 Å². The number of nitrogens with one attached hydrogen (secondary N) is 2. The first-order valence-electron chi connectivity index (χ1n) is 7.09. The molecule has 0 radical (unpaired) electrons. The highest BCUT2D eigenvalue weighted by Crippen LogP contribution is 2.36. The molecule has 0 bridgehead atoms. The molecule has 2 atom stereocenters. The molecule has 18 heavy (non-hydrogen) atoms. The SMILES string of the molecule is CCCNc1nc(C)cc(NC2CC2CCC)n1. The van der Waals surface area contributed by atoms with E-state index in [1.807, 2.05) is 13.0 Å². The molecule has 1 saturated carbocycles. The van der Waals surface area contributed by atoms with Gasteiger partial charge in [0.2, 0.25) is 5.95 Å². The summed E-state index contributed by atoms with van der Waals surface area (Å²) in [6, 6.07) is 2.65. The van der Waals surface area contributed by atoms with E-state index >= 15 is 0 Å². The highest BCUT2D eigenvalue weighted by atomic mass is 15.2. The smallest absolute Gasteiger partial charge is 0.224 e. The van der Waals surface area contributed by atoms with Crippen molar-refractivity contribution < 1.29 is 0 Å². The molecule has 0 aromatic carbocycles. The lowest BCUT2D eigenvalue weighted by Gasteiger charge is -2.09. The van der Waals surface area contributed by atoms with Crippen molar-refractivity contribution in [1.29, 1.82) is 0 Å². The Balaban J connectivity index is 1.93. The van der Waals surface area contributed by atoms with Crippen molar-refractivity contribution in [3.05, 3.63) is 11.8 Å². The van der Waals surface area contributed by atoms with Crippen molar-refractivity contribution in [2.75, 3.05) is 17.2 Å². The largest absolute Gasteiger partial charge is 0.367 e. The molecule has 0 spiro atoms. The summed E-state index contributed by atoms with van der Waals surface area (Å²) >= 11 is 0. The van der Waals surface area contributed by atoms with Crippen LogP contribution in [0.15, 0.2) is 6.07 Å². The monoisotopic (exact) mass is 248 g/mol. The second-order valence-corrected chi connectivity index (χ2v) is 5.18. The second kappa shape index (κ2) is 6.03. The van der Waals surface area contributed by atoms with Gasteiger partial charge in [0, 0.05) is 24.3 Å². The van der Waals surface area contributed by atoms with E-state index in [9.17, 15) is 0 Å². The van der Waals surface area contributed by atoms with Crippen LogP contribution < -0.4 is 10.6 Å². The van der Waals surface area contributed by atoms with Crippen molar-refractivity contribution in [2.45, 2.75) is 52.5 Å². The first-order valence-corrected chi connectivity index (χ1v) is 7.09. The number of anilines is 2. The minimum absolute atomic E-state index is 0.623. The molecule has 4 nitrogen and oxygen atoms in total. The molecular weight excluding hydrogens is 224 g/mol. The van der Waals surface area contributed by atoms with Crippen LogP contribution in [0, 0.1) is 12.8 Å². The Kier molecular flexibility index (Phi) is 4.39. The molecule has 4 heteroatoms. The molecular formula is C14H24N4. The maximum absolute atomic E-state index is 4.51. The molecule has 1 aliphatic carbocycles. The fraction of sp³-hybridized carbons (Fsp3) is 0.714. The van der Waals surface area contributed by atoms with Gasteiger partial charge in [0.25, 0.3) is 0 Å². The number of hydrogen-bond donors (Lipinski definition) is 2. The van der Waals surface area contributed by atoms with Crippen LogP contribution in [0.1, 0.15) is 45.2 Å². The van der Waals surface area contributed by atoms with Crippen molar-refractivity contribution in [2.24, 2.45) is 5.92 Å². The van der Waals surface area contributed by atoms with E-state index in [-0.39, 0.29) is 0 Å². The van der Waals surface area contributed by atoms with E-state index in [1.54, 1.807) is 0 Å². The summed E-state index contributed by atoms with van der Waals surface area (Å²) < 4.78 is 0. The Morgan fingerprint density at radius 2 is 2.11 bits per heavy atom. The number of aromatic nitrogens is 2. The third kappa shape index (κ3) is 3.59. The van der Waals surface area contributed by atoms with Gasteiger partial charge in [-0.15, -0.1) is 0 Å². The minimum Gasteiger partial charge on any atom is -0.367 e. The van der Waals surface area contributed by atoms with Gasteiger partial charge < -0.3 is 10.6 Å². The van der Waals surface area contributed by atoms with Crippen LogP contribution in [0.5, 0.6) is 0 Å². The Bertz CT molecular complexity index is 391. The predicted octanol–water partition coefficient (Wildman–Crippen LogP) is 3.21. The molecule has 0 saturated heterocycles. The Labute approximate surface area is 110 Å². The third-order valence-corrected chi connectivity index (χ3v) is 3.30. The van der Waals surface area contributed by atoms with Crippen LogP contribution in [0.25, 0.3) is 0 Å². The molecule has 2 N–H and O–H groups in total.